The average Bonchev–Trinajstić information content (AvgIpc) is 2.88. The molecule has 23 heavy (non-hydrogen) atoms. The molecule has 0 aromatic rings. The molecule has 5 atom stereocenters. The minimum Gasteiger partial charge on any atom is -0.374 e. The quantitative estimate of drug-likeness (QED) is 0.758. The van der Waals surface area contributed by atoms with Gasteiger partial charge in [-0.1, -0.05) is 30.1 Å². The van der Waals surface area contributed by atoms with Crippen LogP contribution in [0.4, 0.5) is 0 Å². The Bertz CT molecular complexity index is 712. The first-order valence-corrected chi connectivity index (χ1v) is 8.61. The van der Waals surface area contributed by atoms with Gasteiger partial charge in [0.1, 0.15) is 5.60 Å². The molecule has 3 aliphatic carbocycles. The van der Waals surface area contributed by atoms with E-state index >= 15 is 0 Å². The summed E-state index contributed by atoms with van der Waals surface area (Å²) in [4.78, 5) is 0. The monoisotopic (exact) mass is 307 g/mol. The molecule has 4 aliphatic rings. The van der Waals surface area contributed by atoms with Crippen molar-refractivity contribution in [2.24, 2.45) is 17.3 Å². The third kappa shape index (κ3) is 1.74. The molecule has 0 amide bonds. The van der Waals surface area contributed by atoms with Crippen molar-refractivity contribution in [2.75, 3.05) is 6.61 Å². The Kier molecular flexibility index (Phi) is 3.32. The summed E-state index contributed by atoms with van der Waals surface area (Å²) in [6.07, 6.45) is 9.41. The second-order valence-electron chi connectivity index (χ2n) is 7.30. The molecule has 2 bridgehead atoms. The highest BCUT2D eigenvalue weighted by molar-refractivity contribution is 5.39. The Hall–Kier alpha value is -1.73. The fourth-order valence-electron chi connectivity index (χ4n) is 5.74. The zero-order chi connectivity index (χ0) is 16.0. The Labute approximate surface area is 137 Å². The second kappa shape index (κ2) is 5.14. The van der Waals surface area contributed by atoms with Gasteiger partial charge in [-0.2, -0.15) is 5.26 Å². The first-order valence-electron chi connectivity index (χ1n) is 8.61. The SMILES string of the molecule is N#CCC12OCC3CCCC4C#C/C=C\C#CC1(O)CCCC432. The number of allylic oxidation sites excluding steroid dienone is 2. The van der Waals surface area contributed by atoms with E-state index < -0.39 is 11.2 Å². The molecule has 1 heterocycles. The van der Waals surface area contributed by atoms with Crippen molar-refractivity contribution in [1.82, 2.24) is 0 Å². The molecule has 4 rings (SSSR count). The minimum absolute atomic E-state index is 0.175. The van der Waals surface area contributed by atoms with Gasteiger partial charge in [0.05, 0.1) is 19.1 Å². The van der Waals surface area contributed by atoms with Crippen LogP contribution in [-0.2, 0) is 4.74 Å². The third-order valence-electron chi connectivity index (χ3n) is 6.59. The molecule has 3 heteroatoms. The summed E-state index contributed by atoms with van der Waals surface area (Å²) in [7, 11) is 0. The van der Waals surface area contributed by atoms with Gasteiger partial charge < -0.3 is 9.84 Å². The van der Waals surface area contributed by atoms with Crippen molar-refractivity contribution >= 4 is 0 Å². The number of rotatable bonds is 1. The van der Waals surface area contributed by atoms with Crippen LogP contribution in [0.5, 0.6) is 0 Å². The number of nitriles is 1. The lowest BCUT2D eigenvalue weighted by Crippen LogP contribution is -2.68. The molecule has 3 fully saturated rings. The minimum atomic E-state index is -1.26. The average molecular weight is 307 g/mol. The van der Waals surface area contributed by atoms with Gasteiger partial charge in [-0.05, 0) is 50.2 Å². The van der Waals surface area contributed by atoms with Gasteiger partial charge in [0.15, 0.2) is 5.60 Å². The van der Waals surface area contributed by atoms with Crippen molar-refractivity contribution < 1.29 is 9.84 Å². The van der Waals surface area contributed by atoms with E-state index in [1.54, 1.807) is 12.2 Å². The first kappa shape index (κ1) is 14.8. The predicted molar refractivity (Wildman–Crippen MR) is 85.7 cm³/mol. The fourth-order valence-corrected chi connectivity index (χ4v) is 5.74. The van der Waals surface area contributed by atoms with Gasteiger partial charge in [0.2, 0.25) is 0 Å². The van der Waals surface area contributed by atoms with Crippen LogP contribution in [0.15, 0.2) is 12.2 Å². The predicted octanol–water partition coefficient (Wildman–Crippen LogP) is 2.56. The van der Waals surface area contributed by atoms with E-state index in [1.165, 1.54) is 0 Å². The van der Waals surface area contributed by atoms with Crippen molar-refractivity contribution in [1.29, 1.82) is 5.26 Å². The van der Waals surface area contributed by atoms with Crippen LogP contribution < -0.4 is 0 Å². The molecule has 1 saturated heterocycles. The summed E-state index contributed by atoms with van der Waals surface area (Å²) in [5.74, 6) is 13.1. The maximum Gasteiger partial charge on any atom is 0.156 e. The van der Waals surface area contributed by atoms with Gasteiger partial charge in [-0.3, -0.25) is 0 Å². The molecule has 1 spiro atoms. The maximum atomic E-state index is 11.5. The van der Waals surface area contributed by atoms with Crippen LogP contribution in [0.3, 0.4) is 0 Å². The molecule has 1 aliphatic heterocycles. The Morgan fingerprint density at radius 1 is 1.22 bits per heavy atom. The summed E-state index contributed by atoms with van der Waals surface area (Å²) >= 11 is 0. The Balaban J connectivity index is 2.00. The zero-order valence-corrected chi connectivity index (χ0v) is 13.3. The van der Waals surface area contributed by atoms with Gasteiger partial charge >= 0.3 is 0 Å². The van der Waals surface area contributed by atoms with Crippen LogP contribution in [-0.4, -0.2) is 22.9 Å². The summed E-state index contributed by atoms with van der Waals surface area (Å²) in [6, 6.07) is 2.30. The lowest BCUT2D eigenvalue weighted by Gasteiger charge is -2.59. The number of ether oxygens (including phenoxy) is 1. The van der Waals surface area contributed by atoms with E-state index in [0.29, 0.717) is 18.9 Å². The molecule has 3 nitrogen and oxygen atoms in total. The summed E-state index contributed by atoms with van der Waals surface area (Å²) < 4.78 is 6.32. The molecule has 0 aromatic heterocycles. The molecule has 0 aromatic carbocycles. The fraction of sp³-hybridized carbons (Fsp3) is 0.650. The van der Waals surface area contributed by atoms with Crippen molar-refractivity contribution in [2.45, 2.75) is 56.1 Å². The van der Waals surface area contributed by atoms with E-state index in [0.717, 1.165) is 32.1 Å². The van der Waals surface area contributed by atoms with E-state index in [-0.39, 0.29) is 17.8 Å². The first-order chi connectivity index (χ1) is 11.2. The molecular weight excluding hydrogens is 286 g/mol. The van der Waals surface area contributed by atoms with Crippen molar-refractivity contribution in [3.8, 4) is 29.8 Å². The molecule has 5 unspecified atom stereocenters. The number of hydrogen-bond donors (Lipinski definition) is 1. The molecule has 0 radical (unpaired) electrons. The second-order valence-corrected chi connectivity index (χ2v) is 7.30. The van der Waals surface area contributed by atoms with E-state index in [1.807, 2.05) is 0 Å². The van der Waals surface area contributed by atoms with Gasteiger partial charge in [0.25, 0.3) is 0 Å². The van der Waals surface area contributed by atoms with E-state index in [2.05, 4.69) is 29.8 Å². The largest absolute Gasteiger partial charge is 0.374 e. The summed E-state index contributed by atoms with van der Waals surface area (Å²) in [5.41, 5.74) is -2.38. The van der Waals surface area contributed by atoms with Crippen LogP contribution in [0.2, 0.25) is 0 Å². The zero-order valence-electron chi connectivity index (χ0n) is 13.3. The molecule has 2 saturated carbocycles. The highest BCUT2D eigenvalue weighted by atomic mass is 16.5. The van der Waals surface area contributed by atoms with E-state index in [9.17, 15) is 10.4 Å². The normalized spacial score (nSPS) is 47.8. The molecule has 118 valence electrons. The lowest BCUT2D eigenvalue weighted by atomic mass is 9.45. The summed E-state index contributed by atoms with van der Waals surface area (Å²) in [6.45, 7) is 0.622. The van der Waals surface area contributed by atoms with E-state index in [4.69, 9.17) is 4.74 Å². The van der Waals surface area contributed by atoms with Crippen LogP contribution >= 0.6 is 0 Å². The highest BCUT2D eigenvalue weighted by Gasteiger charge is 2.73. The third-order valence-corrected chi connectivity index (χ3v) is 6.59. The van der Waals surface area contributed by atoms with Crippen molar-refractivity contribution in [3.63, 3.8) is 0 Å². The van der Waals surface area contributed by atoms with Gasteiger partial charge in [-0.15, -0.1) is 0 Å². The maximum absolute atomic E-state index is 11.5. The summed E-state index contributed by atoms with van der Waals surface area (Å²) in [5, 5.41) is 21.0. The topological polar surface area (TPSA) is 53.2 Å². The van der Waals surface area contributed by atoms with Crippen LogP contribution in [0, 0.1) is 52.3 Å². The van der Waals surface area contributed by atoms with Gasteiger partial charge in [-0.25, -0.2) is 0 Å². The van der Waals surface area contributed by atoms with Gasteiger partial charge in [0, 0.05) is 11.3 Å². The van der Waals surface area contributed by atoms with Crippen LogP contribution in [0.25, 0.3) is 0 Å². The lowest BCUT2D eigenvalue weighted by molar-refractivity contribution is -0.213. The standard InChI is InChI=1S/C20H21NO2/c21-14-13-20-18(22)10-4-2-1-3-7-16-8-5-9-17(15-23-20)19(16,20)12-6-11-18/h1-2,16-17,22H,5-6,8-9,11-13,15H2/b2-1-. The number of nitrogens with zero attached hydrogens (tertiary/aromatic N) is 1. The molecule has 1 N–H and O–H groups in total. The van der Waals surface area contributed by atoms with Crippen molar-refractivity contribution in [3.05, 3.63) is 12.2 Å². The number of hydrogen-bond acceptors (Lipinski definition) is 3. The highest BCUT2D eigenvalue weighted by Crippen LogP contribution is 2.67. The molecular formula is C20H21NO2. The number of aliphatic hydroxyl groups is 1. The Morgan fingerprint density at radius 2 is 2.09 bits per heavy atom. The smallest absolute Gasteiger partial charge is 0.156 e. The van der Waals surface area contributed by atoms with Crippen LogP contribution in [0.1, 0.15) is 44.9 Å². The Morgan fingerprint density at radius 3 is 2.96 bits per heavy atom.